The molecule has 0 saturated carbocycles. The number of carbonyl (C=O) groups excluding carboxylic acids is 1. The Morgan fingerprint density at radius 3 is 2.24 bits per heavy atom. The fraction of sp³-hybridized carbons (Fsp3) is 0.667. The molecular formula is C21H34O3S. The number of thioether (sulfide) groups is 1. The first kappa shape index (κ1) is 21.9. The largest absolute Gasteiger partial charge is 0.493 e. The van der Waals surface area contributed by atoms with Gasteiger partial charge in [-0.1, -0.05) is 58.8 Å². The maximum atomic E-state index is 11.1. The maximum Gasteiger partial charge on any atom is 0.174 e. The molecule has 142 valence electrons. The van der Waals surface area contributed by atoms with E-state index >= 15 is 0 Å². The van der Waals surface area contributed by atoms with Gasteiger partial charge in [0.15, 0.2) is 11.5 Å². The molecule has 1 aromatic rings. The van der Waals surface area contributed by atoms with E-state index in [1.54, 1.807) is 24.9 Å². The Morgan fingerprint density at radius 1 is 0.960 bits per heavy atom. The molecule has 0 bridgehead atoms. The quantitative estimate of drug-likeness (QED) is 0.201. The minimum absolute atomic E-state index is 0.634. The summed E-state index contributed by atoms with van der Waals surface area (Å²) >= 11 is 1.72. The van der Waals surface area contributed by atoms with E-state index in [4.69, 9.17) is 9.47 Å². The molecule has 0 unspecified atom stereocenters. The van der Waals surface area contributed by atoms with Crippen molar-refractivity contribution in [1.82, 2.24) is 0 Å². The Labute approximate surface area is 157 Å². The molecule has 0 saturated heterocycles. The molecule has 0 spiro atoms. The van der Waals surface area contributed by atoms with E-state index in [-0.39, 0.29) is 0 Å². The van der Waals surface area contributed by atoms with Crippen LogP contribution in [-0.2, 0) is 0 Å². The fourth-order valence-electron chi connectivity index (χ4n) is 2.69. The van der Waals surface area contributed by atoms with Crippen LogP contribution in [0.25, 0.3) is 0 Å². The summed E-state index contributed by atoms with van der Waals surface area (Å²) in [7, 11) is 1.63. The Kier molecular flexibility index (Phi) is 12.3. The topological polar surface area (TPSA) is 35.5 Å². The molecule has 3 nitrogen and oxygen atoms in total. The Morgan fingerprint density at radius 2 is 1.64 bits per heavy atom. The molecule has 25 heavy (non-hydrogen) atoms. The lowest BCUT2D eigenvalue weighted by Crippen LogP contribution is -2.02. The Balaban J connectivity index is 2.48. The summed E-state index contributed by atoms with van der Waals surface area (Å²) in [5, 5.41) is 0. The van der Waals surface area contributed by atoms with Crippen molar-refractivity contribution in [2.24, 2.45) is 0 Å². The summed E-state index contributed by atoms with van der Waals surface area (Å²) in [6.45, 7) is 5.10. The lowest BCUT2D eigenvalue weighted by atomic mass is 10.1. The molecule has 4 heteroatoms. The average molecular weight is 367 g/mol. The summed E-state index contributed by atoms with van der Waals surface area (Å²) in [5.74, 6) is 2.44. The minimum atomic E-state index is 0.634. The number of rotatable bonds is 15. The zero-order valence-corrected chi connectivity index (χ0v) is 17.0. The summed E-state index contributed by atoms with van der Waals surface area (Å²) in [6.07, 6.45) is 12.2. The van der Waals surface area contributed by atoms with Gasteiger partial charge >= 0.3 is 0 Å². The smallest absolute Gasteiger partial charge is 0.174 e. The van der Waals surface area contributed by atoms with E-state index in [0.717, 1.165) is 35.5 Å². The molecule has 0 aliphatic heterocycles. The van der Waals surface area contributed by atoms with Crippen molar-refractivity contribution in [1.29, 1.82) is 0 Å². The zero-order valence-electron chi connectivity index (χ0n) is 16.1. The van der Waals surface area contributed by atoms with Crippen LogP contribution in [0.5, 0.6) is 11.5 Å². The SMILES string of the molecule is CCCCCCCCCCOc1c(OC)cc(C=O)cc1SCCC. The molecule has 1 aromatic carbocycles. The first-order chi connectivity index (χ1) is 12.3. The molecule has 0 atom stereocenters. The van der Waals surface area contributed by atoms with E-state index < -0.39 is 0 Å². The fourth-order valence-corrected chi connectivity index (χ4v) is 3.62. The van der Waals surface area contributed by atoms with Gasteiger partial charge in [0, 0.05) is 5.56 Å². The number of carbonyl (C=O) groups is 1. The first-order valence-corrected chi connectivity index (χ1v) is 10.7. The number of methoxy groups -OCH3 is 1. The molecule has 0 heterocycles. The van der Waals surface area contributed by atoms with E-state index in [2.05, 4.69) is 13.8 Å². The monoisotopic (exact) mass is 366 g/mol. The third-order valence-electron chi connectivity index (χ3n) is 4.11. The van der Waals surface area contributed by atoms with Gasteiger partial charge in [-0.25, -0.2) is 0 Å². The Hall–Kier alpha value is -1.16. The zero-order chi connectivity index (χ0) is 18.3. The predicted octanol–water partition coefficient (Wildman–Crippen LogP) is 6.53. The van der Waals surface area contributed by atoms with Crippen LogP contribution in [0.4, 0.5) is 0 Å². The van der Waals surface area contributed by atoms with Gasteiger partial charge in [0.25, 0.3) is 0 Å². The number of aldehydes is 1. The van der Waals surface area contributed by atoms with Crippen molar-refractivity contribution >= 4 is 18.0 Å². The number of benzene rings is 1. The molecule has 0 aromatic heterocycles. The highest BCUT2D eigenvalue weighted by Crippen LogP contribution is 2.39. The van der Waals surface area contributed by atoms with Crippen LogP contribution < -0.4 is 9.47 Å². The predicted molar refractivity (Wildman–Crippen MR) is 108 cm³/mol. The molecular weight excluding hydrogens is 332 g/mol. The van der Waals surface area contributed by atoms with Gasteiger partial charge in [0.05, 0.1) is 18.6 Å². The number of hydrogen-bond donors (Lipinski definition) is 0. The van der Waals surface area contributed by atoms with Gasteiger partial charge in [-0.15, -0.1) is 11.8 Å². The van der Waals surface area contributed by atoms with Crippen LogP contribution in [0.15, 0.2) is 17.0 Å². The van der Waals surface area contributed by atoms with E-state index in [1.165, 1.54) is 44.9 Å². The summed E-state index contributed by atoms with van der Waals surface area (Å²) in [6, 6.07) is 3.66. The van der Waals surface area contributed by atoms with Crippen LogP contribution in [0.3, 0.4) is 0 Å². The third kappa shape index (κ3) is 8.66. The Bertz CT molecular complexity index is 488. The van der Waals surface area contributed by atoms with Gasteiger partial charge in [-0.05, 0) is 30.7 Å². The van der Waals surface area contributed by atoms with E-state index in [1.807, 2.05) is 6.07 Å². The van der Waals surface area contributed by atoms with Crippen molar-refractivity contribution in [3.8, 4) is 11.5 Å². The molecule has 0 N–H and O–H groups in total. The van der Waals surface area contributed by atoms with Crippen molar-refractivity contribution in [3.63, 3.8) is 0 Å². The minimum Gasteiger partial charge on any atom is -0.493 e. The van der Waals surface area contributed by atoms with Gasteiger partial charge in [0.2, 0.25) is 0 Å². The van der Waals surface area contributed by atoms with E-state index in [9.17, 15) is 4.79 Å². The summed E-state index contributed by atoms with van der Waals surface area (Å²) in [4.78, 5) is 12.1. The van der Waals surface area contributed by atoms with Gasteiger partial charge < -0.3 is 9.47 Å². The lowest BCUT2D eigenvalue weighted by molar-refractivity contribution is 0.112. The van der Waals surface area contributed by atoms with Crippen molar-refractivity contribution in [3.05, 3.63) is 17.7 Å². The van der Waals surface area contributed by atoms with Crippen LogP contribution in [-0.4, -0.2) is 25.8 Å². The highest BCUT2D eigenvalue weighted by atomic mass is 32.2. The molecule has 0 aliphatic carbocycles. The van der Waals surface area contributed by atoms with Crippen molar-refractivity contribution in [2.75, 3.05) is 19.5 Å². The highest BCUT2D eigenvalue weighted by molar-refractivity contribution is 7.99. The van der Waals surface area contributed by atoms with Gasteiger partial charge in [0.1, 0.15) is 6.29 Å². The summed E-state index contributed by atoms with van der Waals surface area (Å²) in [5.41, 5.74) is 0.634. The van der Waals surface area contributed by atoms with Crippen molar-refractivity contribution in [2.45, 2.75) is 76.5 Å². The second-order valence-electron chi connectivity index (χ2n) is 6.34. The first-order valence-electron chi connectivity index (χ1n) is 9.69. The molecule has 0 aliphatic rings. The third-order valence-corrected chi connectivity index (χ3v) is 5.33. The van der Waals surface area contributed by atoms with Crippen LogP contribution in [0.1, 0.15) is 82.0 Å². The van der Waals surface area contributed by atoms with Crippen LogP contribution in [0.2, 0.25) is 0 Å². The van der Waals surface area contributed by atoms with Crippen LogP contribution >= 0.6 is 11.8 Å². The average Bonchev–Trinajstić information content (AvgIpc) is 2.65. The van der Waals surface area contributed by atoms with Crippen LogP contribution in [0, 0.1) is 0 Å². The molecule has 1 rings (SSSR count). The second-order valence-corrected chi connectivity index (χ2v) is 7.48. The molecule has 0 amide bonds. The summed E-state index contributed by atoms with van der Waals surface area (Å²) < 4.78 is 11.5. The van der Waals surface area contributed by atoms with Gasteiger partial charge in [-0.3, -0.25) is 4.79 Å². The van der Waals surface area contributed by atoms with Crippen molar-refractivity contribution < 1.29 is 14.3 Å². The number of unbranched alkanes of at least 4 members (excludes halogenated alkanes) is 7. The molecule has 0 fully saturated rings. The molecule has 0 radical (unpaired) electrons. The number of ether oxygens (including phenoxy) is 2. The normalized spacial score (nSPS) is 10.7. The maximum absolute atomic E-state index is 11.1. The second kappa shape index (κ2) is 14.1. The lowest BCUT2D eigenvalue weighted by Gasteiger charge is -2.15. The van der Waals surface area contributed by atoms with Gasteiger partial charge in [-0.2, -0.15) is 0 Å². The number of hydrogen-bond acceptors (Lipinski definition) is 4. The highest BCUT2D eigenvalue weighted by Gasteiger charge is 2.13. The van der Waals surface area contributed by atoms with E-state index in [0.29, 0.717) is 17.9 Å². The standard InChI is InChI=1S/C21H34O3S/c1-4-6-7-8-9-10-11-12-13-24-21-19(23-3)15-18(17-22)16-20(21)25-14-5-2/h15-17H,4-14H2,1-3H3.